The molecule has 3 fully saturated rings. The van der Waals surface area contributed by atoms with E-state index in [2.05, 4.69) is 20.0 Å². The van der Waals surface area contributed by atoms with E-state index in [1.54, 1.807) is 19.2 Å². The van der Waals surface area contributed by atoms with Crippen molar-refractivity contribution in [2.75, 3.05) is 44.8 Å². The van der Waals surface area contributed by atoms with Crippen LogP contribution in [0.4, 0.5) is 10.4 Å². The van der Waals surface area contributed by atoms with E-state index in [9.17, 15) is 4.39 Å². The summed E-state index contributed by atoms with van der Waals surface area (Å²) in [4.78, 5) is 4.60. The summed E-state index contributed by atoms with van der Waals surface area (Å²) in [7, 11) is 1.65. The third-order valence-electron chi connectivity index (χ3n) is 6.44. The zero-order chi connectivity index (χ0) is 19.1. The maximum Gasteiger partial charge on any atom is 0.318 e. The molecule has 1 spiro atoms. The molecule has 0 radical (unpaired) electrons. The molecule has 1 aromatic carbocycles. The van der Waals surface area contributed by atoms with Crippen molar-refractivity contribution in [3.63, 3.8) is 0 Å². The Morgan fingerprint density at radius 2 is 2.07 bits per heavy atom. The third kappa shape index (κ3) is 3.14. The topological polar surface area (TPSA) is 63.9 Å². The summed E-state index contributed by atoms with van der Waals surface area (Å²) in [5.41, 5.74) is 0.914. The molecule has 5 rings (SSSR count). The van der Waals surface area contributed by atoms with Gasteiger partial charge in [0, 0.05) is 11.6 Å². The molecule has 8 heteroatoms. The summed E-state index contributed by atoms with van der Waals surface area (Å²) in [5.74, 6) is 0.939. The Balaban J connectivity index is 1.17. The highest BCUT2D eigenvalue weighted by Crippen LogP contribution is 2.41. The number of ether oxygens (including phenoxy) is 2. The molecular formula is C20H25FN4O3. The van der Waals surface area contributed by atoms with Crippen LogP contribution < -0.4 is 9.64 Å². The van der Waals surface area contributed by atoms with E-state index in [0.717, 1.165) is 63.4 Å². The standard InChI is InChI=1S/C20H25FN4O3/c1-26-18-3-2-15(21)8-17(18)14-4-6-24(7-5-14)16-9-20(28-10-16)11-25(12-20)19-23-22-13-27-19/h2-3,8,13-14,16H,4-7,9-12H2,1H3. The van der Waals surface area contributed by atoms with Gasteiger partial charge < -0.3 is 18.8 Å². The highest BCUT2D eigenvalue weighted by Gasteiger charge is 2.52. The van der Waals surface area contributed by atoms with E-state index in [4.69, 9.17) is 13.9 Å². The number of hydrogen-bond donors (Lipinski definition) is 0. The predicted molar refractivity (Wildman–Crippen MR) is 100 cm³/mol. The van der Waals surface area contributed by atoms with Crippen molar-refractivity contribution in [3.05, 3.63) is 36.0 Å². The Labute approximate surface area is 163 Å². The quantitative estimate of drug-likeness (QED) is 0.797. The fraction of sp³-hybridized carbons (Fsp3) is 0.600. The van der Waals surface area contributed by atoms with Gasteiger partial charge in [0.25, 0.3) is 0 Å². The predicted octanol–water partition coefficient (Wildman–Crippen LogP) is 2.44. The molecule has 7 nitrogen and oxygen atoms in total. The maximum absolute atomic E-state index is 13.7. The van der Waals surface area contributed by atoms with Crippen LogP contribution in [0.25, 0.3) is 0 Å². The minimum absolute atomic E-state index is 0.0816. The number of likely N-dealkylation sites (tertiary alicyclic amines) is 1. The number of nitrogens with zero attached hydrogens (tertiary/aromatic N) is 4. The molecular weight excluding hydrogens is 363 g/mol. The molecule has 1 atom stereocenters. The average molecular weight is 388 g/mol. The first kappa shape index (κ1) is 17.9. The van der Waals surface area contributed by atoms with E-state index in [0.29, 0.717) is 18.0 Å². The number of methoxy groups -OCH3 is 1. The second kappa shape index (κ2) is 7.00. The molecule has 3 aliphatic heterocycles. The van der Waals surface area contributed by atoms with Crippen LogP contribution in [0.5, 0.6) is 5.75 Å². The summed E-state index contributed by atoms with van der Waals surface area (Å²) in [6, 6.07) is 5.84. The van der Waals surface area contributed by atoms with E-state index in [-0.39, 0.29) is 11.4 Å². The monoisotopic (exact) mass is 388 g/mol. The van der Waals surface area contributed by atoms with Gasteiger partial charge in [-0.15, -0.1) is 5.10 Å². The van der Waals surface area contributed by atoms with Gasteiger partial charge in [0.2, 0.25) is 6.39 Å². The van der Waals surface area contributed by atoms with Crippen molar-refractivity contribution in [3.8, 4) is 5.75 Å². The molecule has 2 aromatic rings. The second-order valence-corrected chi connectivity index (χ2v) is 8.13. The molecule has 0 bridgehead atoms. The lowest BCUT2D eigenvalue weighted by atomic mass is 9.86. The van der Waals surface area contributed by atoms with E-state index >= 15 is 0 Å². The Kier molecular flexibility index (Phi) is 4.47. The van der Waals surface area contributed by atoms with Crippen LogP contribution in [0.15, 0.2) is 29.0 Å². The van der Waals surface area contributed by atoms with Gasteiger partial charge >= 0.3 is 6.01 Å². The zero-order valence-corrected chi connectivity index (χ0v) is 16.0. The smallest absolute Gasteiger partial charge is 0.318 e. The van der Waals surface area contributed by atoms with Gasteiger partial charge in [0.1, 0.15) is 17.2 Å². The lowest BCUT2D eigenvalue weighted by Gasteiger charge is -2.46. The van der Waals surface area contributed by atoms with Crippen molar-refractivity contribution in [2.24, 2.45) is 0 Å². The van der Waals surface area contributed by atoms with Gasteiger partial charge in [-0.25, -0.2) is 4.39 Å². The molecule has 3 aliphatic rings. The minimum Gasteiger partial charge on any atom is -0.496 e. The number of aromatic nitrogens is 2. The van der Waals surface area contributed by atoms with Gasteiger partial charge in [-0.2, -0.15) is 0 Å². The van der Waals surface area contributed by atoms with Crippen molar-refractivity contribution in [1.29, 1.82) is 0 Å². The first-order valence-electron chi connectivity index (χ1n) is 9.88. The number of piperidine rings is 1. The lowest BCUT2D eigenvalue weighted by molar-refractivity contribution is -0.0216. The minimum atomic E-state index is -0.194. The SMILES string of the molecule is COc1ccc(F)cc1C1CCN(C2COC3(C2)CN(c2nnco2)C3)CC1. The first-order valence-corrected chi connectivity index (χ1v) is 9.88. The molecule has 4 heterocycles. The van der Waals surface area contributed by atoms with Crippen LogP contribution >= 0.6 is 0 Å². The first-order chi connectivity index (χ1) is 13.7. The number of rotatable bonds is 4. The molecule has 0 saturated carbocycles. The van der Waals surface area contributed by atoms with Crippen molar-refractivity contribution >= 4 is 6.01 Å². The third-order valence-corrected chi connectivity index (χ3v) is 6.44. The number of halogens is 1. The fourth-order valence-corrected chi connectivity index (χ4v) is 4.96. The van der Waals surface area contributed by atoms with Gasteiger partial charge in [0.15, 0.2) is 0 Å². The van der Waals surface area contributed by atoms with E-state index < -0.39 is 0 Å². The summed E-state index contributed by atoms with van der Waals surface area (Å²) in [5, 5.41) is 7.70. The Bertz CT molecular complexity index is 817. The molecule has 0 amide bonds. The molecule has 150 valence electrons. The Morgan fingerprint density at radius 3 is 2.79 bits per heavy atom. The Morgan fingerprint density at radius 1 is 1.25 bits per heavy atom. The lowest BCUT2D eigenvalue weighted by Crippen LogP contribution is -2.62. The van der Waals surface area contributed by atoms with Crippen LogP contribution in [0, 0.1) is 5.82 Å². The molecule has 3 saturated heterocycles. The maximum atomic E-state index is 13.7. The largest absolute Gasteiger partial charge is 0.496 e. The number of hydrogen-bond acceptors (Lipinski definition) is 7. The normalized spacial score (nSPS) is 25.2. The Hall–Kier alpha value is -2.19. The molecule has 1 aromatic heterocycles. The van der Waals surface area contributed by atoms with E-state index in [1.807, 2.05) is 0 Å². The van der Waals surface area contributed by atoms with Gasteiger partial charge in [0.05, 0.1) is 26.8 Å². The van der Waals surface area contributed by atoms with Crippen LogP contribution in [0.3, 0.4) is 0 Å². The molecule has 28 heavy (non-hydrogen) atoms. The summed E-state index contributed by atoms with van der Waals surface area (Å²) < 4.78 is 30.6. The van der Waals surface area contributed by atoms with Crippen LogP contribution in [0.2, 0.25) is 0 Å². The van der Waals surface area contributed by atoms with Crippen molar-refractivity contribution < 1.29 is 18.3 Å². The molecule has 0 N–H and O–H groups in total. The zero-order valence-electron chi connectivity index (χ0n) is 16.0. The van der Waals surface area contributed by atoms with E-state index in [1.165, 1.54) is 12.5 Å². The highest BCUT2D eigenvalue weighted by molar-refractivity contribution is 5.37. The van der Waals surface area contributed by atoms with Gasteiger partial charge in [-0.3, -0.25) is 4.90 Å². The van der Waals surface area contributed by atoms with Crippen LogP contribution in [-0.2, 0) is 4.74 Å². The van der Waals surface area contributed by atoms with Gasteiger partial charge in [-0.1, -0.05) is 5.10 Å². The fourth-order valence-electron chi connectivity index (χ4n) is 4.96. The van der Waals surface area contributed by atoms with Crippen LogP contribution in [0.1, 0.15) is 30.7 Å². The summed E-state index contributed by atoms with van der Waals surface area (Å²) >= 11 is 0. The average Bonchev–Trinajstić information content (AvgIpc) is 3.37. The molecule has 0 aliphatic carbocycles. The summed E-state index contributed by atoms with van der Waals surface area (Å²) in [6.07, 6.45) is 4.41. The van der Waals surface area contributed by atoms with Crippen molar-refractivity contribution in [2.45, 2.75) is 36.8 Å². The highest BCUT2D eigenvalue weighted by atomic mass is 19.1. The second-order valence-electron chi connectivity index (χ2n) is 8.13. The van der Waals surface area contributed by atoms with Crippen LogP contribution in [-0.4, -0.2) is 66.6 Å². The summed E-state index contributed by atoms with van der Waals surface area (Å²) in [6.45, 7) is 4.39. The van der Waals surface area contributed by atoms with Crippen molar-refractivity contribution in [1.82, 2.24) is 15.1 Å². The molecule has 1 unspecified atom stereocenters. The number of anilines is 1. The number of benzene rings is 1. The van der Waals surface area contributed by atoms with Gasteiger partial charge in [-0.05, 0) is 56.5 Å².